The van der Waals surface area contributed by atoms with Crippen LogP contribution in [0.3, 0.4) is 0 Å². The van der Waals surface area contributed by atoms with Crippen molar-refractivity contribution in [2.45, 2.75) is 13.5 Å². The van der Waals surface area contributed by atoms with Gasteiger partial charge in [-0.25, -0.2) is 0 Å². The maximum atomic E-state index is 12.4. The number of carbonyl (C=O) groups excluding carboxylic acids is 1. The predicted molar refractivity (Wildman–Crippen MR) is 88.2 cm³/mol. The highest BCUT2D eigenvalue weighted by Gasteiger charge is 2.15. The summed E-state index contributed by atoms with van der Waals surface area (Å²) in [5, 5.41) is 6.78. The van der Waals surface area contributed by atoms with Crippen LogP contribution in [0.25, 0.3) is 0 Å². The minimum Gasteiger partial charge on any atom is -0.322 e. The van der Waals surface area contributed by atoms with Gasteiger partial charge in [0.2, 0.25) is 0 Å². The van der Waals surface area contributed by atoms with E-state index in [1.165, 1.54) is 0 Å². The molecule has 0 fully saturated rings. The van der Waals surface area contributed by atoms with Crippen molar-refractivity contribution >= 4 is 34.8 Å². The van der Waals surface area contributed by atoms with Crippen LogP contribution < -0.4 is 10.6 Å². The number of benzene rings is 2. The number of anilines is 1. The monoisotopic (exact) mass is 322 g/mol. The SMILES string of the molecule is CCNCc1ccccc1NC(=O)c1c(Cl)cccc1Cl. The second kappa shape index (κ2) is 7.46. The molecular weight excluding hydrogens is 307 g/mol. The van der Waals surface area contributed by atoms with E-state index in [9.17, 15) is 4.79 Å². The lowest BCUT2D eigenvalue weighted by Crippen LogP contribution is -2.17. The number of rotatable bonds is 5. The van der Waals surface area contributed by atoms with Gasteiger partial charge in [-0.1, -0.05) is 54.4 Å². The van der Waals surface area contributed by atoms with Gasteiger partial charge in [0, 0.05) is 12.2 Å². The van der Waals surface area contributed by atoms with E-state index in [1.54, 1.807) is 18.2 Å². The molecule has 0 aromatic heterocycles. The van der Waals surface area contributed by atoms with Gasteiger partial charge < -0.3 is 10.6 Å². The molecular formula is C16H16Cl2N2O. The molecule has 1 amide bonds. The van der Waals surface area contributed by atoms with Crippen LogP contribution in [0.4, 0.5) is 5.69 Å². The second-order valence-corrected chi connectivity index (χ2v) is 5.30. The van der Waals surface area contributed by atoms with Gasteiger partial charge in [-0.2, -0.15) is 0 Å². The lowest BCUT2D eigenvalue weighted by Gasteiger charge is -2.12. The Morgan fingerprint density at radius 1 is 1.05 bits per heavy atom. The molecule has 110 valence electrons. The Kier molecular flexibility index (Phi) is 5.62. The Morgan fingerprint density at radius 3 is 2.38 bits per heavy atom. The van der Waals surface area contributed by atoms with E-state index in [0.29, 0.717) is 22.2 Å². The largest absolute Gasteiger partial charge is 0.322 e. The van der Waals surface area contributed by atoms with Crippen LogP contribution in [-0.2, 0) is 6.54 Å². The fraction of sp³-hybridized carbons (Fsp3) is 0.188. The third-order valence-electron chi connectivity index (χ3n) is 3.02. The first-order valence-electron chi connectivity index (χ1n) is 6.67. The molecule has 0 heterocycles. The van der Waals surface area contributed by atoms with Crippen molar-refractivity contribution in [3.8, 4) is 0 Å². The fourth-order valence-electron chi connectivity index (χ4n) is 1.96. The molecule has 0 atom stereocenters. The maximum absolute atomic E-state index is 12.4. The van der Waals surface area contributed by atoms with Gasteiger partial charge in [-0.05, 0) is 30.3 Å². The van der Waals surface area contributed by atoms with E-state index >= 15 is 0 Å². The summed E-state index contributed by atoms with van der Waals surface area (Å²) < 4.78 is 0. The van der Waals surface area contributed by atoms with Crippen molar-refractivity contribution in [3.63, 3.8) is 0 Å². The Balaban J connectivity index is 2.24. The Hall–Kier alpha value is -1.55. The third-order valence-corrected chi connectivity index (χ3v) is 3.65. The first kappa shape index (κ1) is 15.8. The molecule has 0 bridgehead atoms. The molecule has 2 rings (SSSR count). The minimum atomic E-state index is -0.311. The molecule has 2 N–H and O–H groups in total. The van der Waals surface area contributed by atoms with Gasteiger partial charge in [0.05, 0.1) is 15.6 Å². The Bertz CT molecular complexity index is 624. The quantitative estimate of drug-likeness (QED) is 0.858. The number of amides is 1. The topological polar surface area (TPSA) is 41.1 Å². The van der Waals surface area contributed by atoms with Gasteiger partial charge >= 0.3 is 0 Å². The van der Waals surface area contributed by atoms with Crippen molar-refractivity contribution in [2.24, 2.45) is 0 Å². The predicted octanol–water partition coefficient (Wildman–Crippen LogP) is 4.36. The lowest BCUT2D eigenvalue weighted by molar-refractivity contribution is 0.102. The summed E-state index contributed by atoms with van der Waals surface area (Å²) in [6.45, 7) is 3.58. The number of hydrogen-bond donors (Lipinski definition) is 2. The molecule has 0 saturated carbocycles. The molecule has 0 aliphatic carbocycles. The second-order valence-electron chi connectivity index (χ2n) is 4.49. The fourth-order valence-corrected chi connectivity index (χ4v) is 2.52. The average Bonchev–Trinajstić information content (AvgIpc) is 2.46. The molecule has 2 aromatic carbocycles. The summed E-state index contributed by atoms with van der Waals surface area (Å²) >= 11 is 12.1. The summed E-state index contributed by atoms with van der Waals surface area (Å²) in [6, 6.07) is 12.6. The van der Waals surface area contributed by atoms with Crippen LogP contribution in [0.5, 0.6) is 0 Å². The highest BCUT2D eigenvalue weighted by atomic mass is 35.5. The molecule has 5 heteroatoms. The van der Waals surface area contributed by atoms with Crippen molar-refractivity contribution < 1.29 is 4.79 Å². The van der Waals surface area contributed by atoms with Gasteiger partial charge in [0.25, 0.3) is 5.91 Å². The minimum absolute atomic E-state index is 0.291. The molecule has 0 aliphatic rings. The summed E-state index contributed by atoms with van der Waals surface area (Å²) in [6.07, 6.45) is 0. The number of hydrogen-bond acceptors (Lipinski definition) is 2. The van der Waals surface area contributed by atoms with E-state index in [0.717, 1.165) is 17.8 Å². The number of halogens is 2. The van der Waals surface area contributed by atoms with Crippen molar-refractivity contribution in [1.82, 2.24) is 5.32 Å². The molecule has 21 heavy (non-hydrogen) atoms. The molecule has 0 saturated heterocycles. The summed E-state index contributed by atoms with van der Waals surface area (Å²) in [5.41, 5.74) is 2.05. The van der Waals surface area contributed by atoms with Gasteiger partial charge in [0.1, 0.15) is 0 Å². The van der Waals surface area contributed by atoms with E-state index < -0.39 is 0 Å². The first-order valence-corrected chi connectivity index (χ1v) is 7.43. The zero-order valence-corrected chi connectivity index (χ0v) is 13.1. The molecule has 0 spiro atoms. The van der Waals surface area contributed by atoms with Crippen molar-refractivity contribution in [3.05, 3.63) is 63.6 Å². The highest BCUT2D eigenvalue weighted by Crippen LogP contribution is 2.26. The Morgan fingerprint density at radius 2 is 1.71 bits per heavy atom. The molecule has 3 nitrogen and oxygen atoms in total. The number of nitrogens with one attached hydrogen (secondary N) is 2. The Labute approximate surface area is 134 Å². The van der Waals surface area contributed by atoms with Gasteiger partial charge in [-0.3, -0.25) is 4.79 Å². The van der Waals surface area contributed by atoms with Crippen molar-refractivity contribution in [2.75, 3.05) is 11.9 Å². The van der Waals surface area contributed by atoms with E-state index in [4.69, 9.17) is 23.2 Å². The lowest BCUT2D eigenvalue weighted by atomic mass is 10.1. The smallest absolute Gasteiger partial charge is 0.258 e. The zero-order chi connectivity index (χ0) is 15.2. The van der Waals surface area contributed by atoms with Crippen LogP contribution in [0.15, 0.2) is 42.5 Å². The molecule has 0 aliphatic heterocycles. The standard InChI is InChI=1S/C16H16Cl2N2O/c1-2-19-10-11-6-3-4-9-14(11)20-16(21)15-12(17)7-5-8-13(15)18/h3-9,19H,2,10H2,1H3,(H,20,21). The molecule has 0 unspecified atom stereocenters. The summed E-state index contributed by atoms with van der Waals surface area (Å²) in [5.74, 6) is -0.311. The molecule has 2 aromatic rings. The van der Waals surface area contributed by atoms with Crippen molar-refractivity contribution in [1.29, 1.82) is 0 Å². The van der Waals surface area contributed by atoms with Crippen LogP contribution in [0, 0.1) is 0 Å². The van der Waals surface area contributed by atoms with Crippen LogP contribution in [0.2, 0.25) is 10.0 Å². The summed E-state index contributed by atoms with van der Waals surface area (Å²) in [7, 11) is 0. The first-order chi connectivity index (χ1) is 10.1. The zero-order valence-electron chi connectivity index (χ0n) is 11.6. The molecule has 0 radical (unpaired) electrons. The van der Waals surface area contributed by atoms with E-state index in [-0.39, 0.29) is 5.91 Å². The van der Waals surface area contributed by atoms with Gasteiger partial charge in [0.15, 0.2) is 0 Å². The third kappa shape index (κ3) is 3.97. The van der Waals surface area contributed by atoms with Crippen LogP contribution in [-0.4, -0.2) is 12.5 Å². The van der Waals surface area contributed by atoms with Gasteiger partial charge in [-0.15, -0.1) is 0 Å². The summed E-state index contributed by atoms with van der Waals surface area (Å²) in [4.78, 5) is 12.4. The highest BCUT2D eigenvalue weighted by molar-refractivity contribution is 6.40. The van der Waals surface area contributed by atoms with Crippen LogP contribution in [0.1, 0.15) is 22.8 Å². The normalized spacial score (nSPS) is 10.4. The number of para-hydroxylation sites is 1. The van der Waals surface area contributed by atoms with Crippen LogP contribution >= 0.6 is 23.2 Å². The number of carbonyl (C=O) groups is 1. The average molecular weight is 323 g/mol. The van der Waals surface area contributed by atoms with E-state index in [1.807, 2.05) is 31.2 Å². The maximum Gasteiger partial charge on any atom is 0.258 e. The van der Waals surface area contributed by atoms with E-state index in [2.05, 4.69) is 10.6 Å².